The number of rotatable bonds is 8. The molecule has 9 heteroatoms. The third kappa shape index (κ3) is 5.83. The number of amides is 1. The fourth-order valence-electron chi connectivity index (χ4n) is 3.30. The number of aliphatic hydroxyl groups excluding tert-OH is 1. The molecule has 1 saturated heterocycles. The predicted octanol–water partition coefficient (Wildman–Crippen LogP) is 1.09. The quantitative estimate of drug-likeness (QED) is 0.590. The van der Waals surface area contributed by atoms with E-state index in [-0.39, 0.29) is 36.1 Å². The van der Waals surface area contributed by atoms with Crippen molar-refractivity contribution in [2.45, 2.75) is 42.4 Å². The summed E-state index contributed by atoms with van der Waals surface area (Å²) in [5, 5.41) is 12.5. The van der Waals surface area contributed by atoms with Crippen LogP contribution in [0.1, 0.15) is 29.6 Å². The minimum Gasteiger partial charge on any atom is -0.394 e. The molecule has 0 saturated carbocycles. The fraction of sp³-hybridized carbons (Fsp3) is 0.400. The third-order valence-corrected chi connectivity index (χ3v) is 6.32. The predicted molar refractivity (Wildman–Crippen MR) is 107 cm³/mol. The molecule has 2 heterocycles. The van der Waals surface area contributed by atoms with Crippen molar-refractivity contribution in [3.63, 3.8) is 0 Å². The molecule has 156 valence electrons. The first kappa shape index (κ1) is 21.4. The first-order chi connectivity index (χ1) is 14.0. The van der Waals surface area contributed by atoms with E-state index in [0.29, 0.717) is 24.8 Å². The van der Waals surface area contributed by atoms with E-state index in [1.54, 1.807) is 36.5 Å². The van der Waals surface area contributed by atoms with Gasteiger partial charge in [-0.1, -0.05) is 18.2 Å². The van der Waals surface area contributed by atoms with Crippen LogP contribution >= 0.6 is 0 Å². The molecule has 3 rings (SSSR count). The number of carbonyl (C=O) groups excluding carboxylic acids is 1. The van der Waals surface area contributed by atoms with Crippen molar-refractivity contribution in [3.8, 4) is 0 Å². The summed E-state index contributed by atoms with van der Waals surface area (Å²) in [5.41, 5.74) is 0.446. The minimum absolute atomic E-state index is 0.197. The maximum absolute atomic E-state index is 12.3. The molecular formula is C20H25N3O5S. The molecule has 0 unspecified atom stereocenters. The summed E-state index contributed by atoms with van der Waals surface area (Å²) in [4.78, 5) is 16.5. The number of aromatic nitrogens is 1. The highest BCUT2D eigenvalue weighted by Crippen LogP contribution is 2.22. The lowest BCUT2D eigenvalue weighted by Crippen LogP contribution is -2.51. The van der Waals surface area contributed by atoms with Gasteiger partial charge in [0.05, 0.1) is 29.2 Å². The van der Waals surface area contributed by atoms with Crippen LogP contribution in [-0.2, 0) is 14.8 Å². The average molecular weight is 420 g/mol. The maximum Gasteiger partial charge on any atom is 0.253 e. The van der Waals surface area contributed by atoms with Gasteiger partial charge in [0.1, 0.15) is 6.10 Å². The summed E-state index contributed by atoms with van der Waals surface area (Å²) in [6.45, 7) is -0.00299. The Morgan fingerprint density at radius 3 is 2.66 bits per heavy atom. The van der Waals surface area contributed by atoms with Crippen molar-refractivity contribution < 1.29 is 23.1 Å². The van der Waals surface area contributed by atoms with Gasteiger partial charge in [-0.2, -0.15) is 0 Å². The van der Waals surface area contributed by atoms with Gasteiger partial charge >= 0.3 is 0 Å². The number of hydrogen-bond acceptors (Lipinski definition) is 6. The normalized spacial score (nSPS) is 22.2. The summed E-state index contributed by atoms with van der Waals surface area (Å²) in [7, 11) is -3.56. The van der Waals surface area contributed by atoms with Crippen molar-refractivity contribution in [2.75, 3.05) is 13.2 Å². The van der Waals surface area contributed by atoms with Crippen LogP contribution in [0.2, 0.25) is 0 Å². The van der Waals surface area contributed by atoms with E-state index in [9.17, 15) is 18.3 Å². The van der Waals surface area contributed by atoms with Gasteiger partial charge in [0.2, 0.25) is 10.0 Å². The van der Waals surface area contributed by atoms with Crippen LogP contribution in [0.25, 0.3) is 0 Å². The lowest BCUT2D eigenvalue weighted by molar-refractivity contribution is -0.0891. The molecule has 1 amide bonds. The molecule has 0 radical (unpaired) electrons. The second-order valence-electron chi connectivity index (χ2n) is 6.88. The Morgan fingerprint density at radius 1 is 1.17 bits per heavy atom. The number of hydrogen-bond donors (Lipinski definition) is 3. The molecule has 1 aliphatic heterocycles. The molecule has 1 aliphatic rings. The molecule has 8 nitrogen and oxygen atoms in total. The molecule has 0 bridgehead atoms. The van der Waals surface area contributed by atoms with Crippen LogP contribution in [0.4, 0.5) is 0 Å². The molecule has 2 aromatic rings. The van der Waals surface area contributed by atoms with Crippen molar-refractivity contribution in [1.82, 2.24) is 15.0 Å². The Morgan fingerprint density at radius 2 is 1.97 bits per heavy atom. The van der Waals surface area contributed by atoms with Crippen LogP contribution in [0.5, 0.6) is 0 Å². The SMILES string of the molecule is O=C(N[C@H]1CC[C@@H](CCNS(=O)(=O)c2ccccc2)O[C@@H]1CO)c1cccnc1. The Bertz CT molecular complexity index is 893. The van der Waals surface area contributed by atoms with E-state index < -0.39 is 16.1 Å². The molecule has 29 heavy (non-hydrogen) atoms. The highest BCUT2D eigenvalue weighted by atomic mass is 32.2. The van der Waals surface area contributed by atoms with Crippen LogP contribution in [-0.4, -0.2) is 55.8 Å². The molecule has 1 fully saturated rings. The number of aliphatic hydroxyl groups is 1. The second-order valence-corrected chi connectivity index (χ2v) is 8.64. The van der Waals surface area contributed by atoms with Gasteiger partial charge in [-0.25, -0.2) is 13.1 Å². The van der Waals surface area contributed by atoms with Crippen LogP contribution < -0.4 is 10.0 Å². The van der Waals surface area contributed by atoms with Gasteiger partial charge in [0.15, 0.2) is 0 Å². The number of pyridine rings is 1. The standard InChI is InChI=1S/C20H25N3O5S/c24-14-19-18(23-20(25)15-5-4-11-21-13-15)9-8-16(28-19)10-12-22-29(26,27)17-6-2-1-3-7-17/h1-7,11,13,16,18-19,22,24H,8-10,12,14H2,(H,23,25)/t16-,18-,19+/m0/s1. The minimum atomic E-state index is -3.56. The average Bonchev–Trinajstić information content (AvgIpc) is 2.75. The number of ether oxygens (including phenoxy) is 1. The van der Waals surface area contributed by atoms with Crippen molar-refractivity contribution in [3.05, 3.63) is 60.4 Å². The molecule has 0 aliphatic carbocycles. The monoisotopic (exact) mass is 419 g/mol. The lowest BCUT2D eigenvalue weighted by Gasteiger charge is -2.36. The Kier molecular flexibility index (Phi) is 7.32. The number of carbonyl (C=O) groups is 1. The summed E-state index contributed by atoms with van der Waals surface area (Å²) >= 11 is 0. The zero-order valence-corrected chi connectivity index (χ0v) is 16.7. The lowest BCUT2D eigenvalue weighted by atomic mass is 9.97. The van der Waals surface area contributed by atoms with Crippen LogP contribution in [0.3, 0.4) is 0 Å². The van der Waals surface area contributed by atoms with Gasteiger partial charge < -0.3 is 15.2 Å². The van der Waals surface area contributed by atoms with E-state index in [1.807, 2.05) is 0 Å². The van der Waals surface area contributed by atoms with E-state index in [4.69, 9.17) is 4.74 Å². The van der Waals surface area contributed by atoms with Gasteiger partial charge in [-0.05, 0) is 43.5 Å². The summed E-state index contributed by atoms with van der Waals surface area (Å²) in [6, 6.07) is 11.2. The third-order valence-electron chi connectivity index (χ3n) is 4.85. The van der Waals surface area contributed by atoms with E-state index >= 15 is 0 Å². The highest BCUT2D eigenvalue weighted by Gasteiger charge is 2.32. The zero-order valence-electron chi connectivity index (χ0n) is 15.9. The van der Waals surface area contributed by atoms with Crippen LogP contribution in [0.15, 0.2) is 59.8 Å². The molecule has 1 aromatic carbocycles. The molecule has 0 spiro atoms. The molecule has 1 aromatic heterocycles. The van der Waals surface area contributed by atoms with Crippen LogP contribution in [0, 0.1) is 0 Å². The van der Waals surface area contributed by atoms with Gasteiger partial charge in [0.25, 0.3) is 5.91 Å². The largest absolute Gasteiger partial charge is 0.394 e. The van der Waals surface area contributed by atoms with E-state index in [1.165, 1.54) is 18.3 Å². The summed E-state index contributed by atoms with van der Waals surface area (Å²) < 4.78 is 33.0. The van der Waals surface area contributed by atoms with E-state index in [0.717, 1.165) is 0 Å². The fourth-order valence-corrected chi connectivity index (χ4v) is 4.36. The number of benzene rings is 1. The molecule has 3 atom stereocenters. The topological polar surface area (TPSA) is 118 Å². The van der Waals surface area contributed by atoms with Crippen molar-refractivity contribution >= 4 is 15.9 Å². The Balaban J connectivity index is 1.49. The Hall–Kier alpha value is -2.33. The first-order valence-corrected chi connectivity index (χ1v) is 11.0. The molecular weight excluding hydrogens is 394 g/mol. The zero-order chi connectivity index (χ0) is 20.7. The number of nitrogens with one attached hydrogen (secondary N) is 2. The van der Waals surface area contributed by atoms with E-state index in [2.05, 4.69) is 15.0 Å². The van der Waals surface area contributed by atoms with Crippen molar-refractivity contribution in [1.29, 1.82) is 0 Å². The van der Waals surface area contributed by atoms with Crippen molar-refractivity contribution in [2.24, 2.45) is 0 Å². The highest BCUT2D eigenvalue weighted by molar-refractivity contribution is 7.89. The maximum atomic E-state index is 12.3. The number of nitrogens with zero attached hydrogens (tertiary/aromatic N) is 1. The summed E-state index contributed by atoms with van der Waals surface area (Å²) in [5.74, 6) is -0.265. The second kappa shape index (κ2) is 9.93. The summed E-state index contributed by atoms with van der Waals surface area (Å²) in [6.07, 6.45) is 4.10. The smallest absolute Gasteiger partial charge is 0.253 e. The Labute approximate surface area is 170 Å². The first-order valence-electron chi connectivity index (χ1n) is 9.51. The van der Waals surface area contributed by atoms with Gasteiger partial charge in [0, 0.05) is 18.9 Å². The van der Waals surface area contributed by atoms with Gasteiger partial charge in [-0.15, -0.1) is 0 Å². The number of sulfonamides is 1. The van der Waals surface area contributed by atoms with Gasteiger partial charge in [-0.3, -0.25) is 9.78 Å². The molecule has 3 N–H and O–H groups in total.